The number of hydrogen-bond donors (Lipinski definition) is 0. The van der Waals surface area contributed by atoms with E-state index in [1.54, 1.807) is 13.2 Å². The third-order valence-electron chi connectivity index (χ3n) is 3.42. The molecule has 0 saturated carbocycles. The van der Waals surface area contributed by atoms with Crippen LogP contribution in [0.2, 0.25) is 0 Å². The molecule has 0 aromatic heterocycles. The van der Waals surface area contributed by atoms with Gasteiger partial charge < -0.3 is 9.47 Å². The lowest BCUT2D eigenvalue weighted by molar-refractivity contribution is 0.255. The average Bonchev–Trinajstić information content (AvgIpc) is 2.80. The molecule has 0 fully saturated rings. The van der Waals surface area contributed by atoms with Crippen molar-refractivity contribution in [2.45, 2.75) is 19.4 Å². The van der Waals surface area contributed by atoms with Gasteiger partial charge in [-0.2, -0.15) is 0 Å². The Kier molecular flexibility index (Phi) is 3.08. The van der Waals surface area contributed by atoms with Gasteiger partial charge in [-0.15, -0.1) is 0 Å². The summed E-state index contributed by atoms with van der Waals surface area (Å²) in [6.45, 7) is 1.94. The lowest BCUT2D eigenvalue weighted by atomic mass is 9.99. The van der Waals surface area contributed by atoms with Crippen LogP contribution >= 0.6 is 0 Å². The van der Waals surface area contributed by atoms with Gasteiger partial charge in [0.05, 0.1) is 7.11 Å². The Balaban J connectivity index is 2.23. The van der Waals surface area contributed by atoms with Crippen LogP contribution in [-0.4, -0.2) is 13.2 Å². The first-order chi connectivity index (χ1) is 9.58. The van der Waals surface area contributed by atoms with Gasteiger partial charge in [-0.1, -0.05) is 0 Å². The summed E-state index contributed by atoms with van der Waals surface area (Å²) in [5, 5.41) is 0. The fraction of sp³-hybridized carbons (Fsp3) is 0.250. The third-order valence-corrected chi connectivity index (χ3v) is 3.42. The zero-order chi connectivity index (χ0) is 14.3. The molecule has 0 spiro atoms. The SMILES string of the molecule is COc1cc2c(c(-c3cc(F)ccc3F)c1)OC(C)C2. The van der Waals surface area contributed by atoms with E-state index in [0.29, 0.717) is 17.1 Å². The van der Waals surface area contributed by atoms with E-state index in [9.17, 15) is 8.78 Å². The summed E-state index contributed by atoms with van der Waals surface area (Å²) in [6.07, 6.45) is 0.753. The molecule has 1 aliphatic rings. The lowest BCUT2D eigenvalue weighted by Crippen LogP contribution is -2.05. The molecule has 2 nitrogen and oxygen atoms in total. The van der Waals surface area contributed by atoms with Crippen LogP contribution in [0.25, 0.3) is 11.1 Å². The highest BCUT2D eigenvalue weighted by molar-refractivity contribution is 5.75. The number of fused-ring (bicyclic) bond motifs is 1. The summed E-state index contributed by atoms with van der Waals surface area (Å²) in [5.41, 5.74) is 1.67. The Bertz CT molecular complexity index is 668. The van der Waals surface area contributed by atoms with E-state index in [2.05, 4.69) is 0 Å². The Morgan fingerprint density at radius 1 is 1.15 bits per heavy atom. The van der Waals surface area contributed by atoms with Crippen molar-refractivity contribution in [2.75, 3.05) is 7.11 Å². The minimum atomic E-state index is -0.482. The summed E-state index contributed by atoms with van der Waals surface area (Å²) >= 11 is 0. The standard InChI is InChI=1S/C16H14F2O2/c1-9-5-10-6-12(19-2)8-14(16(10)20-9)13-7-11(17)3-4-15(13)18/h3-4,6-9H,5H2,1-2H3. The largest absolute Gasteiger partial charge is 0.497 e. The maximum Gasteiger partial charge on any atom is 0.131 e. The molecule has 3 rings (SSSR count). The lowest BCUT2D eigenvalue weighted by Gasteiger charge is -2.12. The Hall–Kier alpha value is -2.10. The van der Waals surface area contributed by atoms with E-state index in [1.165, 1.54) is 6.07 Å². The number of halogens is 2. The second-order valence-electron chi connectivity index (χ2n) is 4.92. The molecule has 2 aromatic rings. The van der Waals surface area contributed by atoms with Crippen molar-refractivity contribution in [2.24, 2.45) is 0 Å². The fourth-order valence-electron chi connectivity index (χ4n) is 2.52. The molecule has 4 heteroatoms. The van der Waals surface area contributed by atoms with Crippen LogP contribution in [0.5, 0.6) is 11.5 Å². The van der Waals surface area contributed by atoms with E-state index >= 15 is 0 Å². The smallest absolute Gasteiger partial charge is 0.131 e. The van der Waals surface area contributed by atoms with Crippen LogP contribution in [0, 0.1) is 11.6 Å². The van der Waals surface area contributed by atoms with Crippen LogP contribution in [0.3, 0.4) is 0 Å². The van der Waals surface area contributed by atoms with E-state index in [4.69, 9.17) is 9.47 Å². The molecular formula is C16H14F2O2. The maximum absolute atomic E-state index is 14.0. The minimum Gasteiger partial charge on any atom is -0.497 e. The van der Waals surface area contributed by atoms with Gasteiger partial charge in [0, 0.05) is 23.1 Å². The molecule has 0 bridgehead atoms. The highest BCUT2D eigenvalue weighted by Gasteiger charge is 2.25. The summed E-state index contributed by atoms with van der Waals surface area (Å²) in [6, 6.07) is 6.95. The molecule has 0 aliphatic carbocycles. The van der Waals surface area contributed by atoms with Gasteiger partial charge in [-0.3, -0.25) is 0 Å². The molecule has 1 unspecified atom stereocenters. The van der Waals surface area contributed by atoms with Crippen molar-refractivity contribution in [3.63, 3.8) is 0 Å². The Morgan fingerprint density at radius 3 is 2.70 bits per heavy atom. The molecule has 0 N–H and O–H groups in total. The van der Waals surface area contributed by atoms with Crippen molar-refractivity contribution in [3.05, 3.63) is 47.5 Å². The molecule has 104 valence electrons. The van der Waals surface area contributed by atoms with Crippen molar-refractivity contribution in [3.8, 4) is 22.6 Å². The summed E-state index contributed by atoms with van der Waals surface area (Å²) in [5.74, 6) is 0.261. The monoisotopic (exact) mass is 276 g/mol. The topological polar surface area (TPSA) is 18.5 Å². The quantitative estimate of drug-likeness (QED) is 0.826. The first-order valence-corrected chi connectivity index (χ1v) is 6.41. The van der Waals surface area contributed by atoms with Crippen LogP contribution in [0.15, 0.2) is 30.3 Å². The zero-order valence-electron chi connectivity index (χ0n) is 11.2. The molecule has 1 atom stereocenters. The molecule has 2 aromatic carbocycles. The first-order valence-electron chi connectivity index (χ1n) is 6.41. The van der Waals surface area contributed by atoms with E-state index in [-0.39, 0.29) is 11.7 Å². The van der Waals surface area contributed by atoms with E-state index < -0.39 is 11.6 Å². The van der Waals surface area contributed by atoms with Gasteiger partial charge in [0.2, 0.25) is 0 Å². The number of ether oxygens (including phenoxy) is 2. The summed E-state index contributed by atoms with van der Waals surface area (Å²) in [4.78, 5) is 0. The van der Waals surface area contributed by atoms with Crippen molar-refractivity contribution in [1.29, 1.82) is 0 Å². The maximum atomic E-state index is 14.0. The third kappa shape index (κ3) is 2.11. The second-order valence-corrected chi connectivity index (χ2v) is 4.92. The second kappa shape index (κ2) is 4.78. The molecule has 0 radical (unpaired) electrons. The van der Waals surface area contributed by atoms with E-state index in [0.717, 1.165) is 24.1 Å². The Morgan fingerprint density at radius 2 is 1.95 bits per heavy atom. The van der Waals surface area contributed by atoms with Crippen LogP contribution in [-0.2, 0) is 6.42 Å². The first kappa shape index (κ1) is 12.9. The minimum absolute atomic E-state index is 0.0208. The van der Waals surface area contributed by atoms with Gasteiger partial charge in [0.15, 0.2) is 0 Å². The Labute approximate surface area is 116 Å². The van der Waals surface area contributed by atoms with Gasteiger partial charge in [0.1, 0.15) is 29.2 Å². The number of benzene rings is 2. The highest BCUT2D eigenvalue weighted by atomic mass is 19.1. The number of methoxy groups -OCH3 is 1. The van der Waals surface area contributed by atoms with Crippen molar-refractivity contribution >= 4 is 0 Å². The van der Waals surface area contributed by atoms with Crippen molar-refractivity contribution in [1.82, 2.24) is 0 Å². The molecule has 0 amide bonds. The van der Waals surface area contributed by atoms with E-state index in [1.807, 2.05) is 13.0 Å². The van der Waals surface area contributed by atoms with Crippen LogP contribution in [0.1, 0.15) is 12.5 Å². The predicted molar refractivity (Wildman–Crippen MR) is 72.1 cm³/mol. The molecular weight excluding hydrogens is 262 g/mol. The average molecular weight is 276 g/mol. The molecule has 0 saturated heterocycles. The summed E-state index contributed by atoms with van der Waals surface area (Å²) in [7, 11) is 1.55. The normalized spacial score (nSPS) is 16.7. The van der Waals surface area contributed by atoms with Gasteiger partial charge in [0.25, 0.3) is 0 Å². The van der Waals surface area contributed by atoms with Crippen LogP contribution < -0.4 is 9.47 Å². The number of rotatable bonds is 2. The molecule has 1 aliphatic heterocycles. The van der Waals surface area contributed by atoms with Crippen LogP contribution in [0.4, 0.5) is 8.78 Å². The van der Waals surface area contributed by atoms with Gasteiger partial charge in [-0.05, 0) is 37.3 Å². The van der Waals surface area contributed by atoms with Gasteiger partial charge in [-0.25, -0.2) is 8.78 Å². The van der Waals surface area contributed by atoms with Gasteiger partial charge >= 0.3 is 0 Å². The zero-order valence-corrected chi connectivity index (χ0v) is 11.2. The summed E-state index contributed by atoms with van der Waals surface area (Å²) < 4.78 is 38.4. The fourth-order valence-corrected chi connectivity index (χ4v) is 2.52. The molecule has 1 heterocycles. The molecule has 20 heavy (non-hydrogen) atoms. The highest BCUT2D eigenvalue weighted by Crippen LogP contribution is 2.42. The van der Waals surface area contributed by atoms with Crippen molar-refractivity contribution < 1.29 is 18.3 Å². The predicted octanol–water partition coefficient (Wildman–Crippen LogP) is 3.96. The number of hydrogen-bond acceptors (Lipinski definition) is 2.